The van der Waals surface area contributed by atoms with Crippen LogP contribution >= 0.6 is 0 Å². The van der Waals surface area contributed by atoms with Crippen LogP contribution in [0.2, 0.25) is 0 Å². The maximum atomic E-state index is 13.3. The summed E-state index contributed by atoms with van der Waals surface area (Å²) in [7, 11) is 0. The van der Waals surface area contributed by atoms with Gasteiger partial charge >= 0.3 is 0 Å². The zero-order valence-corrected chi connectivity index (χ0v) is 15.9. The lowest BCUT2D eigenvalue weighted by Crippen LogP contribution is -2.18. The van der Waals surface area contributed by atoms with Gasteiger partial charge in [-0.25, -0.2) is 19.0 Å². The van der Waals surface area contributed by atoms with Crippen molar-refractivity contribution in [1.29, 1.82) is 0 Å². The Balaban J connectivity index is 1.56. The lowest BCUT2D eigenvalue weighted by atomic mass is 10.1. The zero-order valence-electron chi connectivity index (χ0n) is 15.9. The van der Waals surface area contributed by atoms with Crippen molar-refractivity contribution in [3.05, 3.63) is 60.1 Å². The Labute approximate surface area is 165 Å². The van der Waals surface area contributed by atoms with Gasteiger partial charge in [0.15, 0.2) is 0 Å². The summed E-state index contributed by atoms with van der Waals surface area (Å²) in [6.45, 7) is 3.83. The van der Waals surface area contributed by atoms with Gasteiger partial charge in [-0.1, -0.05) is 12.1 Å². The molecule has 0 unspecified atom stereocenters. The molecule has 1 N–H and O–H groups in total. The van der Waals surface area contributed by atoms with Gasteiger partial charge in [0.2, 0.25) is 5.71 Å². The maximum absolute atomic E-state index is 13.3. The summed E-state index contributed by atoms with van der Waals surface area (Å²) in [5.74, 6) is 0.380. The van der Waals surface area contributed by atoms with Gasteiger partial charge in [-0.3, -0.25) is 4.79 Å². The molecule has 4 aromatic rings. The minimum atomic E-state index is -0.339. The number of carbonyl (C=O) groups excluding carboxylic acids is 1. The molecule has 0 spiro atoms. The van der Waals surface area contributed by atoms with E-state index in [2.05, 4.69) is 27.3 Å². The lowest BCUT2D eigenvalue weighted by Gasteiger charge is -2.12. The Bertz CT molecular complexity index is 1240. The predicted octanol–water partition coefficient (Wildman–Crippen LogP) is 4.19. The molecule has 1 saturated carbocycles. The van der Waals surface area contributed by atoms with E-state index in [9.17, 15) is 9.18 Å². The number of benzene rings is 1. The highest BCUT2D eigenvalue weighted by Crippen LogP contribution is 2.40. The molecule has 3 aromatic heterocycles. The average Bonchev–Trinajstić information content (AvgIpc) is 3.11. The number of nitrogens with one attached hydrogen (secondary N) is 1. The molecule has 5 rings (SSSR count). The van der Waals surface area contributed by atoms with Crippen LogP contribution in [0, 0.1) is 12.7 Å². The van der Waals surface area contributed by atoms with Crippen LogP contribution in [0.25, 0.3) is 22.2 Å². The molecule has 0 radical (unpaired) electrons. The third-order valence-corrected chi connectivity index (χ3v) is 5.27. The van der Waals surface area contributed by atoms with Gasteiger partial charge in [0.05, 0.1) is 17.1 Å². The standard InChI is InChI=1S/C21H18FN5O2/c1-12-16(17-18(26-21(2)7-8-21)23-11-24-19(17)29-12)20(28)27-10-14(9-25-27)13-3-5-15(22)6-4-13/h3-6,9-11H,7-8H2,1-2H3,(H,23,24,26). The summed E-state index contributed by atoms with van der Waals surface area (Å²) in [5.41, 5.74) is 2.20. The normalized spacial score (nSPS) is 14.9. The van der Waals surface area contributed by atoms with Crippen molar-refractivity contribution in [2.75, 3.05) is 5.32 Å². The third kappa shape index (κ3) is 3.06. The van der Waals surface area contributed by atoms with Gasteiger partial charge in [-0.15, -0.1) is 0 Å². The van der Waals surface area contributed by atoms with Crippen LogP contribution in [0.5, 0.6) is 0 Å². The Morgan fingerprint density at radius 1 is 1.21 bits per heavy atom. The topological polar surface area (TPSA) is 85.8 Å². The number of furan rings is 1. The largest absolute Gasteiger partial charge is 0.442 e. The minimum Gasteiger partial charge on any atom is -0.442 e. The van der Waals surface area contributed by atoms with E-state index in [4.69, 9.17) is 4.42 Å². The number of rotatable bonds is 4. The third-order valence-electron chi connectivity index (χ3n) is 5.27. The maximum Gasteiger partial charge on any atom is 0.282 e. The number of hydrogen-bond donors (Lipinski definition) is 1. The Kier molecular flexibility index (Phi) is 3.77. The van der Waals surface area contributed by atoms with E-state index in [0.717, 1.165) is 18.4 Å². The summed E-state index contributed by atoms with van der Waals surface area (Å²) in [4.78, 5) is 21.8. The molecule has 3 heterocycles. The number of halogens is 1. The Morgan fingerprint density at radius 3 is 2.69 bits per heavy atom. The molecule has 0 atom stereocenters. The second-order valence-corrected chi connectivity index (χ2v) is 7.61. The molecule has 1 aromatic carbocycles. The van der Waals surface area contributed by atoms with Crippen LogP contribution in [0.1, 0.15) is 35.9 Å². The van der Waals surface area contributed by atoms with Crippen molar-refractivity contribution in [3.63, 3.8) is 0 Å². The zero-order chi connectivity index (χ0) is 20.2. The summed E-state index contributed by atoms with van der Waals surface area (Å²) in [6, 6.07) is 6.03. The van der Waals surface area contributed by atoms with Crippen molar-refractivity contribution in [2.45, 2.75) is 32.2 Å². The van der Waals surface area contributed by atoms with Gasteiger partial charge in [0.1, 0.15) is 23.7 Å². The van der Waals surface area contributed by atoms with E-state index in [1.807, 2.05) is 0 Å². The molecular weight excluding hydrogens is 373 g/mol. The van der Waals surface area contributed by atoms with E-state index >= 15 is 0 Å². The van der Waals surface area contributed by atoms with Gasteiger partial charge < -0.3 is 9.73 Å². The smallest absolute Gasteiger partial charge is 0.282 e. The monoisotopic (exact) mass is 391 g/mol. The number of nitrogens with zero attached hydrogens (tertiary/aromatic N) is 4. The van der Waals surface area contributed by atoms with Crippen molar-refractivity contribution < 1.29 is 13.6 Å². The van der Waals surface area contributed by atoms with Crippen LogP contribution < -0.4 is 5.32 Å². The number of aryl methyl sites for hydroxylation is 1. The molecule has 29 heavy (non-hydrogen) atoms. The van der Waals surface area contributed by atoms with Crippen LogP contribution in [0.3, 0.4) is 0 Å². The molecule has 1 fully saturated rings. The molecular formula is C21H18FN5O2. The van der Waals surface area contributed by atoms with E-state index in [-0.39, 0.29) is 17.3 Å². The SMILES string of the molecule is Cc1oc2ncnc(NC3(C)CC3)c2c1C(=O)n1cc(-c2ccc(F)cc2)cn1. The highest BCUT2D eigenvalue weighted by Gasteiger charge is 2.38. The molecule has 1 aliphatic rings. The fourth-order valence-corrected chi connectivity index (χ4v) is 3.33. The van der Waals surface area contributed by atoms with Crippen molar-refractivity contribution in [1.82, 2.24) is 19.7 Å². The second-order valence-electron chi connectivity index (χ2n) is 7.61. The minimum absolute atomic E-state index is 0.0196. The van der Waals surface area contributed by atoms with E-state index in [0.29, 0.717) is 33.8 Å². The highest BCUT2D eigenvalue weighted by atomic mass is 19.1. The number of anilines is 1. The van der Waals surface area contributed by atoms with Crippen molar-refractivity contribution in [3.8, 4) is 11.1 Å². The molecule has 1 aliphatic carbocycles. The van der Waals surface area contributed by atoms with Crippen LogP contribution in [-0.4, -0.2) is 31.2 Å². The molecule has 0 aliphatic heterocycles. The van der Waals surface area contributed by atoms with Crippen LogP contribution in [0.15, 0.2) is 47.4 Å². The number of aromatic nitrogens is 4. The quantitative estimate of drug-likeness (QED) is 0.561. The predicted molar refractivity (Wildman–Crippen MR) is 105 cm³/mol. The first-order valence-corrected chi connectivity index (χ1v) is 9.31. The van der Waals surface area contributed by atoms with E-state index in [1.165, 1.54) is 23.1 Å². The summed E-state index contributed by atoms with van der Waals surface area (Å²) < 4.78 is 20.2. The van der Waals surface area contributed by atoms with E-state index < -0.39 is 0 Å². The van der Waals surface area contributed by atoms with Crippen molar-refractivity contribution in [2.24, 2.45) is 0 Å². The van der Waals surface area contributed by atoms with Gasteiger partial charge in [0, 0.05) is 17.3 Å². The summed E-state index contributed by atoms with van der Waals surface area (Å²) in [5, 5.41) is 8.17. The number of hydrogen-bond acceptors (Lipinski definition) is 6. The average molecular weight is 391 g/mol. The van der Waals surface area contributed by atoms with Gasteiger partial charge in [0.25, 0.3) is 5.91 Å². The van der Waals surface area contributed by atoms with E-state index in [1.54, 1.807) is 31.5 Å². The van der Waals surface area contributed by atoms with Gasteiger partial charge in [-0.05, 0) is 44.4 Å². The first-order valence-electron chi connectivity index (χ1n) is 9.31. The highest BCUT2D eigenvalue weighted by molar-refractivity contribution is 6.10. The summed E-state index contributed by atoms with van der Waals surface area (Å²) in [6.07, 6.45) is 6.70. The van der Waals surface area contributed by atoms with Crippen LogP contribution in [-0.2, 0) is 0 Å². The van der Waals surface area contributed by atoms with Crippen LogP contribution in [0.4, 0.5) is 10.2 Å². The Hall–Kier alpha value is -3.55. The lowest BCUT2D eigenvalue weighted by molar-refractivity contribution is 0.0945. The molecule has 7 nitrogen and oxygen atoms in total. The Morgan fingerprint density at radius 2 is 1.97 bits per heavy atom. The number of fused-ring (bicyclic) bond motifs is 1. The molecule has 0 bridgehead atoms. The molecule has 146 valence electrons. The summed E-state index contributed by atoms with van der Waals surface area (Å²) >= 11 is 0. The molecule has 8 heteroatoms. The van der Waals surface area contributed by atoms with Gasteiger partial charge in [-0.2, -0.15) is 5.10 Å². The first-order chi connectivity index (χ1) is 13.9. The number of carbonyl (C=O) groups is 1. The first kappa shape index (κ1) is 17.5. The van der Waals surface area contributed by atoms with Crippen molar-refractivity contribution >= 4 is 22.8 Å². The molecule has 0 amide bonds. The second kappa shape index (κ2) is 6.23. The molecule has 0 saturated heterocycles. The fourth-order valence-electron chi connectivity index (χ4n) is 3.33. The fraction of sp³-hybridized carbons (Fsp3) is 0.238.